The molecule has 0 aromatic rings. The number of carbonyl (C=O) groups is 4. The molecule has 1 heterocycles. The van der Waals surface area contributed by atoms with Crippen molar-refractivity contribution >= 4 is 23.7 Å². The number of ether oxygens (including phenoxy) is 3. The number of aliphatic hydroxyl groups is 4. The Morgan fingerprint density at radius 3 is 2.49 bits per heavy atom. The Morgan fingerprint density at radius 1 is 1.16 bits per heavy atom. The van der Waals surface area contributed by atoms with Crippen LogP contribution in [0.15, 0.2) is 34.9 Å². The Morgan fingerprint density at radius 2 is 1.86 bits per heavy atom. The number of rotatable bonds is 6. The first-order valence-electron chi connectivity index (χ1n) is 14.9. The van der Waals surface area contributed by atoms with E-state index in [1.807, 2.05) is 25.2 Å². The summed E-state index contributed by atoms with van der Waals surface area (Å²) in [6, 6.07) is 0. The lowest BCUT2D eigenvalue weighted by molar-refractivity contribution is -0.299. The molecule has 11 heteroatoms. The van der Waals surface area contributed by atoms with E-state index in [2.05, 4.69) is 0 Å². The van der Waals surface area contributed by atoms with Gasteiger partial charge in [-0.25, -0.2) is 4.79 Å². The minimum Gasteiger partial charge on any atom is -0.465 e. The average Bonchev–Trinajstić information content (AvgIpc) is 3.13. The first kappa shape index (κ1) is 31.6. The Kier molecular flexibility index (Phi) is 7.60. The van der Waals surface area contributed by atoms with Gasteiger partial charge >= 0.3 is 17.9 Å². The lowest BCUT2D eigenvalue weighted by Gasteiger charge is -2.63. The predicted octanol–water partition coefficient (Wildman–Crippen LogP) is 1.60. The third kappa shape index (κ3) is 4.14. The van der Waals surface area contributed by atoms with Crippen molar-refractivity contribution in [3.05, 3.63) is 34.9 Å². The van der Waals surface area contributed by atoms with Crippen LogP contribution in [0.2, 0.25) is 0 Å². The van der Waals surface area contributed by atoms with Gasteiger partial charge in [0.2, 0.25) is 0 Å². The molecule has 11 nitrogen and oxygen atoms in total. The molecule has 0 aromatic heterocycles. The number of esters is 3. The molecular weight excluding hydrogens is 560 g/mol. The van der Waals surface area contributed by atoms with Crippen LogP contribution in [0.3, 0.4) is 0 Å². The zero-order chi connectivity index (χ0) is 31.8. The summed E-state index contributed by atoms with van der Waals surface area (Å²) in [4.78, 5) is 50.9. The second kappa shape index (κ2) is 10.4. The van der Waals surface area contributed by atoms with E-state index in [1.54, 1.807) is 0 Å². The van der Waals surface area contributed by atoms with Crippen molar-refractivity contribution in [2.45, 2.75) is 102 Å². The van der Waals surface area contributed by atoms with Gasteiger partial charge in [-0.2, -0.15) is 0 Å². The van der Waals surface area contributed by atoms with Gasteiger partial charge < -0.3 is 34.6 Å². The molecule has 2 fully saturated rings. The fourth-order valence-electron chi connectivity index (χ4n) is 9.10. The molecule has 2 saturated carbocycles. The van der Waals surface area contributed by atoms with Crippen molar-refractivity contribution in [2.75, 3.05) is 13.2 Å². The Balaban J connectivity index is 1.70. The van der Waals surface area contributed by atoms with Gasteiger partial charge in [0.25, 0.3) is 0 Å². The normalized spacial score (nSPS) is 41.7. The number of fused-ring (bicyclic) bond motifs is 5. The first-order chi connectivity index (χ1) is 20.0. The summed E-state index contributed by atoms with van der Waals surface area (Å²) < 4.78 is 16.9. The van der Waals surface area contributed by atoms with Crippen LogP contribution in [0.1, 0.15) is 73.1 Å². The minimum absolute atomic E-state index is 0.00931. The van der Waals surface area contributed by atoms with Crippen molar-refractivity contribution < 1.29 is 53.8 Å². The molecule has 9 atom stereocenters. The zero-order valence-corrected chi connectivity index (χ0v) is 25.3. The number of Topliss-reactive ketones (excluding diaryl/α,β-unsaturated/α-hetero) is 1. The Hall–Kier alpha value is -2.86. The molecule has 4 aliphatic carbocycles. The van der Waals surface area contributed by atoms with Crippen LogP contribution in [-0.2, 0) is 33.4 Å². The Bertz CT molecular complexity index is 1340. The topological polar surface area (TPSA) is 177 Å². The summed E-state index contributed by atoms with van der Waals surface area (Å²) in [5.74, 6) is -3.35. The van der Waals surface area contributed by atoms with Crippen LogP contribution in [0, 0.1) is 22.7 Å². The first-order valence-corrected chi connectivity index (χ1v) is 14.9. The lowest BCUT2D eigenvalue weighted by Crippen LogP contribution is -2.75. The molecule has 0 radical (unpaired) electrons. The number of aliphatic hydroxyl groups excluding tert-OH is 1. The van der Waals surface area contributed by atoms with E-state index in [9.17, 15) is 39.6 Å². The van der Waals surface area contributed by atoms with Crippen molar-refractivity contribution in [2.24, 2.45) is 22.7 Å². The zero-order valence-electron chi connectivity index (χ0n) is 25.3. The Labute approximate surface area is 250 Å². The predicted molar refractivity (Wildman–Crippen MR) is 150 cm³/mol. The molecule has 4 N–H and O–H groups in total. The fraction of sp³-hybridized carbons (Fsp3) is 0.688. The maximum Gasteiger partial charge on any atom is 0.334 e. The highest BCUT2D eigenvalue weighted by Crippen LogP contribution is 2.71. The third-order valence-electron chi connectivity index (χ3n) is 11.6. The lowest BCUT2D eigenvalue weighted by atomic mass is 9.44. The number of ketones is 1. The SMILES string of the molecule is CC(=O)OC[C@]12CC[C@H]3[C@@H](CC=C4C=CCC(=O)[C@@]43C)[C@]1(O)[C@@H](OC(C)=O)C[C@@]2(O)[C@@](C)(O)[C@H]1CC(CO)=C(C)C(=O)O1. The molecule has 0 aromatic carbocycles. The van der Waals surface area contributed by atoms with E-state index < -0.39 is 89.2 Å². The summed E-state index contributed by atoms with van der Waals surface area (Å²) in [7, 11) is 0. The van der Waals surface area contributed by atoms with E-state index in [-0.39, 0.29) is 37.0 Å². The van der Waals surface area contributed by atoms with Gasteiger partial charge in [-0.15, -0.1) is 0 Å². The van der Waals surface area contributed by atoms with Crippen molar-refractivity contribution in [1.82, 2.24) is 0 Å². The molecule has 236 valence electrons. The summed E-state index contributed by atoms with van der Waals surface area (Å²) in [6.45, 7) is 6.00. The molecule has 0 spiro atoms. The highest BCUT2D eigenvalue weighted by molar-refractivity contribution is 5.92. The monoisotopic (exact) mass is 602 g/mol. The van der Waals surface area contributed by atoms with Gasteiger partial charge in [-0.3, -0.25) is 14.4 Å². The number of hydrogen-bond acceptors (Lipinski definition) is 11. The van der Waals surface area contributed by atoms with Crippen molar-refractivity contribution in [3.8, 4) is 0 Å². The molecule has 0 saturated heterocycles. The maximum absolute atomic E-state index is 13.5. The highest BCUT2D eigenvalue weighted by Gasteiger charge is 2.82. The van der Waals surface area contributed by atoms with E-state index in [0.29, 0.717) is 12.0 Å². The van der Waals surface area contributed by atoms with Crippen LogP contribution >= 0.6 is 0 Å². The number of carbonyl (C=O) groups excluding carboxylic acids is 4. The minimum atomic E-state index is -2.34. The van der Waals surface area contributed by atoms with Crippen LogP contribution in [0.5, 0.6) is 0 Å². The van der Waals surface area contributed by atoms with Gasteiger partial charge in [0.15, 0.2) is 0 Å². The average molecular weight is 603 g/mol. The summed E-state index contributed by atoms with van der Waals surface area (Å²) >= 11 is 0. The number of allylic oxidation sites excluding steroid dienone is 4. The molecule has 5 aliphatic rings. The summed E-state index contributed by atoms with van der Waals surface area (Å²) in [5, 5.41) is 48.2. The van der Waals surface area contributed by atoms with Gasteiger partial charge in [0.05, 0.1) is 17.4 Å². The molecule has 0 bridgehead atoms. The van der Waals surface area contributed by atoms with Crippen molar-refractivity contribution in [3.63, 3.8) is 0 Å². The van der Waals surface area contributed by atoms with Crippen LogP contribution in [-0.4, -0.2) is 86.3 Å². The molecule has 43 heavy (non-hydrogen) atoms. The van der Waals surface area contributed by atoms with Crippen LogP contribution < -0.4 is 0 Å². The quantitative estimate of drug-likeness (QED) is 0.257. The van der Waals surface area contributed by atoms with Crippen molar-refractivity contribution in [1.29, 1.82) is 0 Å². The summed E-state index contributed by atoms with van der Waals surface area (Å²) in [5.41, 5.74) is -8.09. The molecular formula is C32H42O11. The smallest absolute Gasteiger partial charge is 0.334 e. The van der Waals surface area contributed by atoms with Crippen LogP contribution in [0.4, 0.5) is 0 Å². The van der Waals surface area contributed by atoms with Gasteiger partial charge in [0, 0.05) is 38.7 Å². The van der Waals surface area contributed by atoms with Crippen LogP contribution in [0.25, 0.3) is 0 Å². The number of hydrogen-bond donors (Lipinski definition) is 4. The summed E-state index contributed by atoms with van der Waals surface area (Å²) in [6.07, 6.45) is 3.15. The molecule has 0 unspecified atom stereocenters. The highest BCUT2D eigenvalue weighted by atomic mass is 16.6. The largest absolute Gasteiger partial charge is 0.465 e. The van der Waals surface area contributed by atoms with E-state index in [0.717, 1.165) is 5.57 Å². The van der Waals surface area contributed by atoms with E-state index in [4.69, 9.17) is 14.2 Å². The number of cyclic esters (lactones) is 1. The van der Waals surface area contributed by atoms with E-state index in [1.165, 1.54) is 27.7 Å². The second-order valence-corrected chi connectivity index (χ2v) is 13.4. The third-order valence-corrected chi connectivity index (χ3v) is 11.6. The van der Waals surface area contributed by atoms with Gasteiger partial charge in [0.1, 0.15) is 41.4 Å². The van der Waals surface area contributed by atoms with E-state index >= 15 is 0 Å². The van der Waals surface area contributed by atoms with Gasteiger partial charge in [-0.1, -0.05) is 18.2 Å². The second-order valence-electron chi connectivity index (χ2n) is 13.4. The van der Waals surface area contributed by atoms with Gasteiger partial charge in [-0.05, 0) is 63.0 Å². The molecule has 5 rings (SSSR count). The maximum atomic E-state index is 13.5. The standard InChI is InChI=1S/C32H42O11/c1-17-20(15-33)13-25(43-27(17)37)29(5,38)31(39)14-26(42-19(3)35)32(40)23-10-9-21-7-6-8-24(36)28(21,4)22(23)11-12-30(31,32)16-41-18(2)34/h6-7,9,22-23,25-26,33,38-40H,8,10-16H2,1-5H3/t22-,23+,25+,26-,28-,29-,30-,31+,32-/m0/s1. The molecule has 0 amide bonds. The molecule has 1 aliphatic heterocycles. The fourth-order valence-corrected chi connectivity index (χ4v) is 9.10.